The van der Waals surface area contributed by atoms with Crippen molar-refractivity contribution in [1.29, 1.82) is 5.41 Å². The Kier molecular flexibility index (Phi) is 1.72. The van der Waals surface area contributed by atoms with Crippen LogP contribution in [0.3, 0.4) is 0 Å². The van der Waals surface area contributed by atoms with Crippen LogP contribution in [0.4, 0.5) is 0 Å². The predicted octanol–water partition coefficient (Wildman–Crippen LogP) is 1.13. The van der Waals surface area contributed by atoms with E-state index in [0.29, 0.717) is 5.36 Å². The molecule has 60 valence electrons. The molecule has 0 saturated carbocycles. The summed E-state index contributed by atoms with van der Waals surface area (Å²) in [7, 11) is 0. The van der Waals surface area contributed by atoms with E-state index >= 15 is 0 Å². The second-order valence-corrected chi connectivity index (χ2v) is 2.74. The van der Waals surface area contributed by atoms with Gasteiger partial charge in [-0.15, -0.1) is 0 Å². The Morgan fingerprint density at radius 1 is 1.36 bits per heavy atom. The minimum atomic E-state index is 0.507. The molecule has 0 saturated heterocycles. The lowest BCUT2D eigenvalue weighted by Gasteiger charge is -2.07. The largest absolute Gasteiger partial charge is 0.429 e. The molecule has 0 fully saturated rings. The molecule has 2 N–H and O–H groups in total. The minimum Gasteiger partial charge on any atom is -0.429 e. The second kappa shape index (κ2) is 2.42. The highest BCUT2D eigenvalue weighted by Gasteiger charge is 2.01. The van der Waals surface area contributed by atoms with Crippen molar-refractivity contribution in [2.75, 3.05) is 0 Å². The van der Waals surface area contributed by atoms with E-state index in [1.54, 1.807) is 13.1 Å². The highest BCUT2D eigenvalue weighted by Crippen LogP contribution is 2.00. The second-order valence-electron chi connectivity index (χ2n) is 2.74. The van der Waals surface area contributed by atoms with Gasteiger partial charge >= 0.3 is 0 Å². The van der Waals surface area contributed by atoms with Crippen molar-refractivity contribution in [3.05, 3.63) is 28.4 Å². The average Bonchev–Trinajstić information content (AvgIpc) is 1.97. The van der Waals surface area contributed by atoms with Crippen molar-refractivity contribution in [3.63, 3.8) is 0 Å². The first-order chi connectivity index (χ1) is 5.04. The third-order valence-corrected chi connectivity index (χ3v) is 1.97. The number of hydrogen-bond donors (Lipinski definition) is 2. The lowest BCUT2D eigenvalue weighted by molar-refractivity contribution is 0.176. The average molecular weight is 152 g/mol. The van der Waals surface area contributed by atoms with E-state index < -0.39 is 0 Å². The van der Waals surface area contributed by atoms with Crippen molar-refractivity contribution < 1.29 is 5.21 Å². The molecular formula is C8H12N2O. The number of aryl methyl sites for hydroxylation is 1. The van der Waals surface area contributed by atoms with E-state index in [0.717, 1.165) is 21.6 Å². The first-order valence-corrected chi connectivity index (χ1v) is 3.47. The molecule has 0 atom stereocenters. The zero-order valence-electron chi connectivity index (χ0n) is 6.97. The smallest absolute Gasteiger partial charge is 0.0632 e. The first kappa shape index (κ1) is 7.85. The summed E-state index contributed by atoms with van der Waals surface area (Å²) < 4.78 is 1.06. The van der Waals surface area contributed by atoms with Crippen molar-refractivity contribution in [2.24, 2.45) is 0 Å². The van der Waals surface area contributed by atoms with Crippen LogP contribution in [-0.4, -0.2) is 9.94 Å². The molecule has 0 spiro atoms. The van der Waals surface area contributed by atoms with E-state index in [9.17, 15) is 5.21 Å². The molecule has 0 unspecified atom stereocenters. The van der Waals surface area contributed by atoms with Crippen molar-refractivity contribution in [2.45, 2.75) is 20.8 Å². The molecular weight excluding hydrogens is 140 g/mol. The maximum absolute atomic E-state index is 9.24. The SMILES string of the molecule is Cc1cn(O)c(C)c(C)c1=N. The Morgan fingerprint density at radius 2 is 1.91 bits per heavy atom. The number of hydrogen-bond acceptors (Lipinski definition) is 2. The maximum atomic E-state index is 9.24. The monoisotopic (exact) mass is 152 g/mol. The van der Waals surface area contributed by atoms with Gasteiger partial charge in [0.15, 0.2) is 0 Å². The molecule has 1 aromatic rings. The third-order valence-electron chi connectivity index (χ3n) is 1.97. The Morgan fingerprint density at radius 3 is 2.45 bits per heavy atom. The molecule has 0 amide bonds. The molecule has 0 aliphatic heterocycles. The van der Waals surface area contributed by atoms with E-state index in [4.69, 9.17) is 5.41 Å². The molecule has 0 bridgehead atoms. The highest BCUT2D eigenvalue weighted by atomic mass is 16.5. The standard InChI is InChI=1S/C8H12N2O/c1-5-4-10(11)7(3)6(2)8(5)9/h4,9,11H,1-3H3. The number of nitrogens with one attached hydrogen (secondary N) is 1. The van der Waals surface area contributed by atoms with Gasteiger partial charge in [-0.25, -0.2) is 0 Å². The number of aromatic nitrogens is 1. The summed E-state index contributed by atoms with van der Waals surface area (Å²) >= 11 is 0. The van der Waals surface area contributed by atoms with Gasteiger partial charge in [-0.2, -0.15) is 4.73 Å². The molecule has 3 heteroatoms. The molecule has 1 heterocycles. The summed E-state index contributed by atoms with van der Waals surface area (Å²) in [5, 5.41) is 17.3. The topological polar surface area (TPSA) is 49.0 Å². The van der Waals surface area contributed by atoms with Gasteiger partial charge in [0.2, 0.25) is 0 Å². The van der Waals surface area contributed by atoms with Gasteiger partial charge in [0.1, 0.15) is 0 Å². The normalized spacial score (nSPS) is 10.1. The van der Waals surface area contributed by atoms with Crippen LogP contribution >= 0.6 is 0 Å². The van der Waals surface area contributed by atoms with Crippen LogP contribution in [-0.2, 0) is 0 Å². The van der Waals surface area contributed by atoms with Gasteiger partial charge in [0.05, 0.1) is 11.1 Å². The van der Waals surface area contributed by atoms with Crippen molar-refractivity contribution in [3.8, 4) is 0 Å². The minimum absolute atomic E-state index is 0.507. The van der Waals surface area contributed by atoms with Crippen LogP contribution in [0.1, 0.15) is 16.8 Å². The summed E-state index contributed by atoms with van der Waals surface area (Å²) in [6.45, 7) is 5.42. The van der Waals surface area contributed by atoms with Crippen LogP contribution in [0.5, 0.6) is 0 Å². The molecule has 0 aliphatic carbocycles. The van der Waals surface area contributed by atoms with E-state index in [2.05, 4.69) is 0 Å². The van der Waals surface area contributed by atoms with Crippen LogP contribution < -0.4 is 5.36 Å². The first-order valence-electron chi connectivity index (χ1n) is 3.47. The zero-order valence-corrected chi connectivity index (χ0v) is 6.97. The van der Waals surface area contributed by atoms with Gasteiger partial charge in [0, 0.05) is 6.20 Å². The lowest BCUT2D eigenvalue weighted by Crippen LogP contribution is -2.16. The fraction of sp³-hybridized carbons (Fsp3) is 0.375. The number of nitrogens with zero attached hydrogens (tertiary/aromatic N) is 1. The van der Waals surface area contributed by atoms with Gasteiger partial charge in [-0.05, 0) is 31.9 Å². The fourth-order valence-corrected chi connectivity index (χ4v) is 0.993. The molecule has 1 aromatic heterocycles. The Bertz CT molecular complexity index is 339. The summed E-state index contributed by atoms with van der Waals surface area (Å²) in [6.07, 6.45) is 1.55. The van der Waals surface area contributed by atoms with Gasteiger partial charge < -0.3 is 10.6 Å². The Labute approximate surface area is 65.4 Å². The van der Waals surface area contributed by atoms with Crippen LogP contribution in [0, 0.1) is 26.2 Å². The molecule has 0 aliphatic rings. The van der Waals surface area contributed by atoms with Crippen molar-refractivity contribution >= 4 is 0 Å². The van der Waals surface area contributed by atoms with Gasteiger partial charge in [-0.3, -0.25) is 0 Å². The fourth-order valence-electron chi connectivity index (χ4n) is 0.993. The number of rotatable bonds is 0. The van der Waals surface area contributed by atoms with Gasteiger partial charge in [-0.1, -0.05) is 0 Å². The summed E-state index contributed by atoms with van der Waals surface area (Å²) in [4.78, 5) is 0. The molecule has 1 rings (SSSR count). The van der Waals surface area contributed by atoms with Crippen molar-refractivity contribution in [1.82, 2.24) is 4.73 Å². The summed E-state index contributed by atoms with van der Waals surface area (Å²) in [5.41, 5.74) is 2.34. The van der Waals surface area contributed by atoms with E-state index in [1.165, 1.54) is 0 Å². The quantitative estimate of drug-likeness (QED) is 0.538. The summed E-state index contributed by atoms with van der Waals surface area (Å²) in [5.74, 6) is 0. The molecule has 0 radical (unpaired) electrons. The highest BCUT2D eigenvalue weighted by molar-refractivity contribution is 5.21. The van der Waals surface area contributed by atoms with Crippen LogP contribution in [0.2, 0.25) is 0 Å². The number of pyridine rings is 1. The van der Waals surface area contributed by atoms with Crippen LogP contribution in [0.25, 0.3) is 0 Å². The summed E-state index contributed by atoms with van der Waals surface area (Å²) in [6, 6.07) is 0. The van der Waals surface area contributed by atoms with E-state index in [-0.39, 0.29) is 0 Å². The zero-order chi connectivity index (χ0) is 8.59. The van der Waals surface area contributed by atoms with Gasteiger partial charge in [0.25, 0.3) is 0 Å². The van der Waals surface area contributed by atoms with E-state index in [1.807, 2.05) is 13.8 Å². The Hall–Kier alpha value is -1.25. The Balaban J connectivity index is 3.59. The lowest BCUT2D eigenvalue weighted by atomic mass is 10.1. The molecule has 11 heavy (non-hydrogen) atoms. The maximum Gasteiger partial charge on any atom is 0.0632 e. The predicted molar refractivity (Wildman–Crippen MR) is 41.7 cm³/mol. The molecule has 0 aromatic carbocycles. The third kappa shape index (κ3) is 1.13. The van der Waals surface area contributed by atoms with Crippen LogP contribution in [0.15, 0.2) is 6.20 Å². The molecule has 3 nitrogen and oxygen atoms in total.